The number of amides is 1. The molecular weight excluding hydrogens is 503 g/mol. The maximum atomic E-state index is 12.0. The number of carbonyl (C=O) groups excluding carboxylic acids is 1. The van der Waals surface area contributed by atoms with Crippen molar-refractivity contribution in [2.24, 2.45) is 5.10 Å². The molecule has 3 aromatic carbocycles. The van der Waals surface area contributed by atoms with Crippen molar-refractivity contribution in [3.8, 4) is 11.5 Å². The van der Waals surface area contributed by atoms with Gasteiger partial charge >= 0.3 is 0 Å². The molecule has 3 rings (SSSR count). The van der Waals surface area contributed by atoms with Crippen molar-refractivity contribution in [3.63, 3.8) is 0 Å². The lowest BCUT2D eigenvalue weighted by Crippen LogP contribution is -2.19. The van der Waals surface area contributed by atoms with E-state index in [0.29, 0.717) is 21.5 Å². The molecule has 3 aromatic rings. The number of methoxy groups -OCH3 is 1. The molecule has 0 saturated carbocycles. The zero-order valence-corrected chi connectivity index (χ0v) is 19.7. The fraction of sp³-hybridized carbons (Fsp3) is 0.130. The van der Waals surface area contributed by atoms with Crippen molar-refractivity contribution in [2.45, 2.75) is 13.0 Å². The van der Waals surface area contributed by atoms with E-state index in [9.17, 15) is 4.79 Å². The van der Waals surface area contributed by atoms with E-state index in [1.54, 1.807) is 37.6 Å². The van der Waals surface area contributed by atoms with Crippen LogP contribution in [0, 0.1) is 0 Å². The summed E-state index contributed by atoms with van der Waals surface area (Å²) in [5, 5.41) is 5.12. The van der Waals surface area contributed by atoms with Crippen molar-refractivity contribution >= 4 is 51.3 Å². The first kappa shape index (κ1) is 23.1. The molecule has 0 saturated heterocycles. The Bertz CT molecular complexity index is 1090. The molecule has 0 aliphatic carbocycles. The Morgan fingerprint density at radius 2 is 1.84 bits per heavy atom. The minimum absolute atomic E-state index is 0.203. The van der Waals surface area contributed by atoms with Crippen LogP contribution in [0.3, 0.4) is 0 Å². The average Bonchev–Trinajstić information content (AvgIpc) is 2.75. The first-order chi connectivity index (χ1) is 14.9. The third-order valence-electron chi connectivity index (χ3n) is 4.27. The van der Waals surface area contributed by atoms with Gasteiger partial charge in [0.25, 0.3) is 0 Å². The Morgan fingerprint density at radius 1 is 1.06 bits per heavy atom. The third kappa shape index (κ3) is 6.99. The maximum absolute atomic E-state index is 12.0. The summed E-state index contributed by atoms with van der Waals surface area (Å²) in [6.07, 6.45) is 1.79. The lowest BCUT2D eigenvalue weighted by Gasteiger charge is -2.12. The van der Waals surface area contributed by atoms with Gasteiger partial charge in [-0.15, -0.1) is 0 Å². The van der Waals surface area contributed by atoms with Gasteiger partial charge in [-0.2, -0.15) is 5.10 Å². The Labute approximate surface area is 199 Å². The smallest absolute Gasteiger partial charge is 0.244 e. The third-order valence-corrected chi connectivity index (χ3v) is 5.38. The normalized spacial score (nSPS) is 10.8. The molecule has 0 aromatic heterocycles. The molecule has 0 spiro atoms. The minimum atomic E-state index is -0.203. The molecule has 0 aliphatic rings. The Kier molecular flexibility index (Phi) is 8.35. The van der Waals surface area contributed by atoms with Crippen LogP contribution in [-0.2, 0) is 17.8 Å². The molecule has 8 heteroatoms. The highest BCUT2D eigenvalue weighted by Crippen LogP contribution is 2.29. The van der Waals surface area contributed by atoms with Crippen LogP contribution in [0.25, 0.3) is 0 Å². The second kappa shape index (κ2) is 11.2. The van der Waals surface area contributed by atoms with Crippen molar-refractivity contribution < 1.29 is 14.3 Å². The second-order valence-corrected chi connectivity index (χ2v) is 8.29. The predicted octanol–water partition coefficient (Wildman–Crippen LogP) is 6.04. The predicted molar refractivity (Wildman–Crippen MR) is 127 cm³/mol. The summed E-state index contributed by atoms with van der Waals surface area (Å²) in [5.74, 6) is 0.894. The molecule has 0 atom stereocenters. The van der Waals surface area contributed by atoms with Gasteiger partial charge in [-0.3, -0.25) is 4.79 Å². The SMILES string of the molecule is COc1cc(/C=N/NC(=O)Cc2ccc(Br)cc2)ccc1OCc1ccc(Cl)cc1Cl. The highest BCUT2D eigenvalue weighted by Gasteiger charge is 2.08. The fourth-order valence-electron chi connectivity index (χ4n) is 2.68. The molecule has 160 valence electrons. The summed E-state index contributed by atoms with van der Waals surface area (Å²) in [6, 6.07) is 18.1. The van der Waals surface area contributed by atoms with Gasteiger partial charge in [-0.1, -0.05) is 57.3 Å². The van der Waals surface area contributed by atoms with Crippen LogP contribution < -0.4 is 14.9 Å². The second-order valence-electron chi connectivity index (χ2n) is 6.53. The van der Waals surface area contributed by atoms with Crippen LogP contribution in [-0.4, -0.2) is 19.2 Å². The highest BCUT2D eigenvalue weighted by molar-refractivity contribution is 9.10. The molecule has 0 heterocycles. The van der Waals surface area contributed by atoms with Gasteiger partial charge in [0.05, 0.1) is 19.7 Å². The number of benzene rings is 3. The lowest BCUT2D eigenvalue weighted by atomic mass is 10.1. The van der Waals surface area contributed by atoms with E-state index in [2.05, 4.69) is 26.5 Å². The summed E-state index contributed by atoms with van der Waals surface area (Å²) in [4.78, 5) is 12.0. The Hall–Kier alpha value is -2.54. The Balaban J connectivity index is 1.58. The monoisotopic (exact) mass is 520 g/mol. The number of halogens is 3. The van der Waals surface area contributed by atoms with Crippen LogP contribution in [0.15, 0.2) is 70.2 Å². The number of nitrogens with one attached hydrogen (secondary N) is 1. The zero-order valence-electron chi connectivity index (χ0n) is 16.6. The number of hydrogen-bond donors (Lipinski definition) is 1. The van der Waals surface area contributed by atoms with Gasteiger partial charge in [0.2, 0.25) is 5.91 Å². The van der Waals surface area contributed by atoms with E-state index in [4.69, 9.17) is 32.7 Å². The van der Waals surface area contributed by atoms with Gasteiger partial charge < -0.3 is 9.47 Å². The van der Waals surface area contributed by atoms with Crippen LogP contribution >= 0.6 is 39.1 Å². The molecule has 1 N–H and O–H groups in total. The summed E-state index contributed by atoms with van der Waals surface area (Å²) in [7, 11) is 1.55. The quantitative estimate of drug-likeness (QED) is 0.290. The number of carbonyl (C=O) groups is 1. The van der Waals surface area contributed by atoms with Crippen LogP contribution in [0.5, 0.6) is 11.5 Å². The summed E-state index contributed by atoms with van der Waals surface area (Å²) in [5.41, 5.74) is 4.99. The largest absolute Gasteiger partial charge is 0.493 e. The molecule has 0 unspecified atom stereocenters. The zero-order chi connectivity index (χ0) is 22.2. The van der Waals surface area contributed by atoms with Crippen molar-refractivity contribution in [2.75, 3.05) is 7.11 Å². The topological polar surface area (TPSA) is 59.9 Å². The van der Waals surface area contributed by atoms with E-state index in [1.165, 1.54) is 0 Å². The maximum Gasteiger partial charge on any atom is 0.244 e. The average molecular weight is 522 g/mol. The minimum Gasteiger partial charge on any atom is -0.493 e. The van der Waals surface area contributed by atoms with E-state index in [1.807, 2.05) is 36.4 Å². The molecular formula is C23H19BrCl2N2O3. The molecule has 0 bridgehead atoms. The molecule has 5 nitrogen and oxygen atoms in total. The number of rotatable bonds is 8. The molecule has 0 radical (unpaired) electrons. The van der Waals surface area contributed by atoms with Gasteiger partial charge in [0.15, 0.2) is 11.5 Å². The molecule has 0 fully saturated rings. The fourth-order valence-corrected chi connectivity index (χ4v) is 3.41. The molecule has 31 heavy (non-hydrogen) atoms. The highest BCUT2D eigenvalue weighted by atomic mass is 79.9. The first-order valence-corrected chi connectivity index (χ1v) is 10.8. The summed E-state index contributed by atoms with van der Waals surface area (Å²) >= 11 is 15.5. The van der Waals surface area contributed by atoms with Crippen LogP contribution in [0.1, 0.15) is 16.7 Å². The summed E-state index contributed by atoms with van der Waals surface area (Å²) in [6.45, 7) is 0.270. The summed E-state index contributed by atoms with van der Waals surface area (Å²) < 4.78 is 12.2. The molecule has 0 aliphatic heterocycles. The van der Waals surface area contributed by atoms with Gasteiger partial charge in [-0.05, 0) is 53.6 Å². The van der Waals surface area contributed by atoms with Crippen molar-refractivity contribution in [3.05, 3.63) is 91.9 Å². The van der Waals surface area contributed by atoms with Gasteiger partial charge in [0, 0.05) is 20.1 Å². The lowest BCUT2D eigenvalue weighted by molar-refractivity contribution is -0.120. The van der Waals surface area contributed by atoms with Gasteiger partial charge in [-0.25, -0.2) is 5.43 Å². The van der Waals surface area contributed by atoms with Gasteiger partial charge in [0.1, 0.15) is 6.61 Å². The number of ether oxygens (including phenoxy) is 2. The van der Waals surface area contributed by atoms with Crippen LogP contribution in [0.2, 0.25) is 10.0 Å². The van der Waals surface area contributed by atoms with E-state index in [-0.39, 0.29) is 18.9 Å². The van der Waals surface area contributed by atoms with Crippen molar-refractivity contribution in [1.29, 1.82) is 0 Å². The number of nitrogens with zero attached hydrogens (tertiary/aromatic N) is 1. The first-order valence-electron chi connectivity index (χ1n) is 9.25. The standard InChI is InChI=1S/C23H19BrCl2N2O3/c1-30-22-10-16(13-27-28-23(29)11-15-2-6-18(24)7-3-15)4-9-21(22)31-14-17-5-8-19(25)12-20(17)26/h2-10,12-13H,11,14H2,1H3,(H,28,29)/b27-13+. The number of hydrogen-bond acceptors (Lipinski definition) is 4. The van der Waals surface area contributed by atoms with E-state index < -0.39 is 0 Å². The number of hydrazone groups is 1. The van der Waals surface area contributed by atoms with E-state index >= 15 is 0 Å². The van der Waals surface area contributed by atoms with Crippen LogP contribution in [0.4, 0.5) is 0 Å². The van der Waals surface area contributed by atoms with Crippen molar-refractivity contribution in [1.82, 2.24) is 5.43 Å². The Morgan fingerprint density at radius 3 is 2.55 bits per heavy atom. The van der Waals surface area contributed by atoms with E-state index in [0.717, 1.165) is 21.2 Å². The molecule has 1 amide bonds.